The number of carbonyl (C=O) groups excluding carboxylic acids is 1. The molecule has 0 amide bonds. The van der Waals surface area contributed by atoms with E-state index in [0.717, 1.165) is 0 Å². The molecule has 0 aromatic heterocycles. The van der Waals surface area contributed by atoms with Crippen molar-refractivity contribution in [2.45, 2.75) is 13.0 Å². The molecule has 2 rings (SSSR count). The molecule has 0 aliphatic heterocycles. The fraction of sp³-hybridized carbons (Fsp3) is 0.125. The van der Waals surface area contributed by atoms with Crippen LogP contribution in [0.1, 0.15) is 16.7 Å². The number of rotatable bonds is 4. The summed E-state index contributed by atoms with van der Waals surface area (Å²) in [6.07, 6.45) is 0.00643. The van der Waals surface area contributed by atoms with E-state index in [1.807, 2.05) is 6.07 Å². The SMILES string of the molecule is N#Cc1ccccc1COC(=O)Cc1cccc(F)c1. The van der Waals surface area contributed by atoms with Gasteiger partial charge in [-0.15, -0.1) is 0 Å². The second kappa shape index (κ2) is 6.48. The van der Waals surface area contributed by atoms with Crippen LogP contribution in [0.3, 0.4) is 0 Å². The molecule has 0 aliphatic carbocycles. The molecule has 100 valence electrons. The van der Waals surface area contributed by atoms with E-state index in [1.54, 1.807) is 36.4 Å². The molecular formula is C16H12FNO2. The molecule has 0 fully saturated rings. The molecule has 0 heterocycles. The summed E-state index contributed by atoms with van der Waals surface area (Å²) in [5, 5.41) is 8.92. The monoisotopic (exact) mass is 269 g/mol. The Hall–Kier alpha value is -2.67. The Balaban J connectivity index is 1.94. The van der Waals surface area contributed by atoms with Gasteiger partial charge in [-0.2, -0.15) is 5.26 Å². The number of nitrogens with zero attached hydrogens (tertiary/aromatic N) is 1. The van der Waals surface area contributed by atoms with Gasteiger partial charge in [0.1, 0.15) is 12.4 Å². The molecule has 0 N–H and O–H groups in total. The van der Waals surface area contributed by atoms with Crippen LogP contribution in [-0.2, 0) is 22.6 Å². The number of hydrogen-bond donors (Lipinski definition) is 0. The maximum Gasteiger partial charge on any atom is 0.310 e. The molecule has 0 atom stereocenters. The van der Waals surface area contributed by atoms with Crippen LogP contribution in [-0.4, -0.2) is 5.97 Å². The lowest BCUT2D eigenvalue weighted by Gasteiger charge is -2.06. The van der Waals surface area contributed by atoms with Crippen molar-refractivity contribution in [1.82, 2.24) is 0 Å². The summed E-state index contributed by atoms with van der Waals surface area (Å²) < 4.78 is 18.1. The smallest absolute Gasteiger partial charge is 0.310 e. The minimum Gasteiger partial charge on any atom is -0.461 e. The Labute approximate surface area is 116 Å². The second-order valence-corrected chi connectivity index (χ2v) is 4.24. The van der Waals surface area contributed by atoms with Crippen LogP contribution < -0.4 is 0 Å². The van der Waals surface area contributed by atoms with E-state index in [-0.39, 0.29) is 18.8 Å². The highest BCUT2D eigenvalue weighted by Gasteiger charge is 2.08. The molecule has 2 aromatic carbocycles. The first-order valence-electron chi connectivity index (χ1n) is 6.07. The van der Waals surface area contributed by atoms with Gasteiger partial charge >= 0.3 is 5.97 Å². The summed E-state index contributed by atoms with van der Waals surface area (Å²) in [5.74, 6) is -0.839. The Kier molecular flexibility index (Phi) is 4.46. The number of esters is 1. The Morgan fingerprint density at radius 2 is 2.00 bits per heavy atom. The highest BCUT2D eigenvalue weighted by Crippen LogP contribution is 2.10. The molecule has 0 bridgehead atoms. The number of benzene rings is 2. The molecule has 0 unspecified atom stereocenters. The molecule has 0 saturated heterocycles. The summed E-state index contributed by atoms with van der Waals surface area (Å²) in [6, 6.07) is 14.8. The van der Waals surface area contributed by atoms with Crippen molar-refractivity contribution >= 4 is 5.97 Å². The van der Waals surface area contributed by atoms with Gasteiger partial charge < -0.3 is 4.74 Å². The van der Waals surface area contributed by atoms with E-state index in [0.29, 0.717) is 16.7 Å². The largest absolute Gasteiger partial charge is 0.461 e. The van der Waals surface area contributed by atoms with Gasteiger partial charge in [0.25, 0.3) is 0 Å². The molecule has 0 aliphatic rings. The van der Waals surface area contributed by atoms with Gasteiger partial charge in [-0.25, -0.2) is 4.39 Å². The van der Waals surface area contributed by atoms with Gasteiger partial charge in [-0.1, -0.05) is 30.3 Å². The first-order chi connectivity index (χ1) is 9.69. The maximum absolute atomic E-state index is 13.0. The third-order valence-electron chi connectivity index (χ3n) is 2.76. The molecule has 0 spiro atoms. The van der Waals surface area contributed by atoms with Crippen molar-refractivity contribution in [3.8, 4) is 6.07 Å². The lowest BCUT2D eigenvalue weighted by atomic mass is 10.1. The zero-order valence-electron chi connectivity index (χ0n) is 10.7. The summed E-state index contributed by atoms with van der Waals surface area (Å²) in [7, 11) is 0. The highest BCUT2D eigenvalue weighted by molar-refractivity contribution is 5.72. The van der Waals surface area contributed by atoms with Crippen molar-refractivity contribution in [1.29, 1.82) is 5.26 Å². The average molecular weight is 269 g/mol. The van der Waals surface area contributed by atoms with E-state index in [2.05, 4.69) is 0 Å². The Morgan fingerprint density at radius 3 is 2.75 bits per heavy atom. The number of ether oxygens (including phenoxy) is 1. The van der Waals surface area contributed by atoms with E-state index in [9.17, 15) is 9.18 Å². The van der Waals surface area contributed by atoms with E-state index in [1.165, 1.54) is 12.1 Å². The van der Waals surface area contributed by atoms with Crippen LogP contribution in [0.15, 0.2) is 48.5 Å². The molecule has 4 heteroatoms. The van der Waals surface area contributed by atoms with E-state index < -0.39 is 5.97 Å². The fourth-order valence-corrected chi connectivity index (χ4v) is 1.78. The number of halogens is 1. The zero-order chi connectivity index (χ0) is 14.4. The number of carbonyl (C=O) groups is 1. The van der Waals surface area contributed by atoms with Gasteiger partial charge in [0, 0.05) is 5.56 Å². The quantitative estimate of drug-likeness (QED) is 0.802. The molecule has 2 aromatic rings. The molecular weight excluding hydrogens is 257 g/mol. The molecule has 0 radical (unpaired) electrons. The van der Waals surface area contributed by atoms with Gasteiger partial charge in [0.15, 0.2) is 0 Å². The van der Waals surface area contributed by atoms with Crippen molar-refractivity contribution in [2.24, 2.45) is 0 Å². The summed E-state index contributed by atoms with van der Waals surface area (Å²) in [6.45, 7) is 0.0396. The van der Waals surface area contributed by atoms with Crippen LogP contribution in [0.25, 0.3) is 0 Å². The standard InChI is InChI=1S/C16H12FNO2/c17-15-7-3-4-12(8-15)9-16(19)20-11-14-6-2-1-5-13(14)10-18/h1-8H,9,11H2. The van der Waals surface area contributed by atoms with Crippen LogP contribution in [0.2, 0.25) is 0 Å². The van der Waals surface area contributed by atoms with Gasteiger partial charge in [0.2, 0.25) is 0 Å². The number of hydrogen-bond acceptors (Lipinski definition) is 3. The predicted molar refractivity (Wildman–Crippen MR) is 71.1 cm³/mol. The third-order valence-corrected chi connectivity index (χ3v) is 2.76. The van der Waals surface area contributed by atoms with E-state index in [4.69, 9.17) is 10.00 Å². The van der Waals surface area contributed by atoms with Crippen LogP contribution in [0.5, 0.6) is 0 Å². The van der Waals surface area contributed by atoms with Gasteiger partial charge in [-0.05, 0) is 23.8 Å². The Bertz CT molecular complexity index is 662. The van der Waals surface area contributed by atoms with Gasteiger partial charge in [0.05, 0.1) is 18.1 Å². The lowest BCUT2D eigenvalue weighted by Crippen LogP contribution is -2.08. The van der Waals surface area contributed by atoms with Crippen molar-refractivity contribution in [3.05, 3.63) is 71.0 Å². The maximum atomic E-state index is 13.0. The molecule has 20 heavy (non-hydrogen) atoms. The lowest BCUT2D eigenvalue weighted by molar-refractivity contribution is -0.144. The Morgan fingerprint density at radius 1 is 1.20 bits per heavy atom. The van der Waals surface area contributed by atoms with E-state index >= 15 is 0 Å². The second-order valence-electron chi connectivity index (χ2n) is 4.24. The topological polar surface area (TPSA) is 50.1 Å². The van der Waals surface area contributed by atoms with Crippen molar-refractivity contribution < 1.29 is 13.9 Å². The van der Waals surface area contributed by atoms with Crippen molar-refractivity contribution in [2.75, 3.05) is 0 Å². The first kappa shape index (κ1) is 13.8. The number of nitriles is 1. The fourth-order valence-electron chi connectivity index (χ4n) is 1.78. The van der Waals surface area contributed by atoms with Crippen LogP contribution in [0, 0.1) is 17.1 Å². The minimum atomic E-state index is -0.455. The predicted octanol–water partition coefficient (Wildman–Crippen LogP) is 2.98. The first-order valence-corrected chi connectivity index (χ1v) is 6.07. The highest BCUT2D eigenvalue weighted by atomic mass is 19.1. The van der Waals surface area contributed by atoms with Gasteiger partial charge in [-0.3, -0.25) is 4.79 Å². The summed E-state index contributed by atoms with van der Waals surface area (Å²) >= 11 is 0. The summed E-state index contributed by atoms with van der Waals surface area (Å²) in [5.41, 5.74) is 1.69. The zero-order valence-corrected chi connectivity index (χ0v) is 10.7. The molecule has 0 saturated carbocycles. The average Bonchev–Trinajstić information content (AvgIpc) is 2.45. The summed E-state index contributed by atoms with van der Waals surface area (Å²) in [4.78, 5) is 11.7. The normalized spacial score (nSPS) is 9.80. The third kappa shape index (κ3) is 3.66. The minimum absolute atomic E-state index is 0.00643. The van der Waals surface area contributed by atoms with Crippen molar-refractivity contribution in [3.63, 3.8) is 0 Å². The van der Waals surface area contributed by atoms with Crippen LogP contribution in [0.4, 0.5) is 4.39 Å². The molecule has 3 nitrogen and oxygen atoms in total. The van der Waals surface area contributed by atoms with Crippen LogP contribution >= 0.6 is 0 Å².